The molecule has 0 N–H and O–H groups in total. The summed E-state index contributed by atoms with van der Waals surface area (Å²) in [6.45, 7) is 5.72. The molecular weight excluding hydrogens is 665 g/mol. The minimum Gasteiger partial charge on any atom is -0.748 e. The minimum absolute atomic E-state index is 0.0508. The first kappa shape index (κ1) is 35.3. The number of aromatic nitrogens is 2. The summed E-state index contributed by atoms with van der Waals surface area (Å²) < 4.78 is 134. The molecule has 0 spiro atoms. The summed E-state index contributed by atoms with van der Waals surface area (Å²) in [6, 6.07) is 5.22. The molecule has 0 saturated heterocycles. The third-order valence-corrected chi connectivity index (χ3v) is 8.54. The lowest BCUT2D eigenvalue weighted by Gasteiger charge is -2.24. The van der Waals surface area contributed by atoms with Crippen LogP contribution in [0.15, 0.2) is 60.5 Å². The first-order valence-corrected chi connectivity index (χ1v) is 16.2. The Morgan fingerprint density at radius 1 is 0.957 bits per heavy atom. The van der Waals surface area contributed by atoms with Gasteiger partial charge in [-0.1, -0.05) is 23.8 Å². The van der Waals surface area contributed by atoms with Crippen molar-refractivity contribution in [1.82, 2.24) is 4.57 Å². The van der Waals surface area contributed by atoms with Crippen LogP contribution in [0.2, 0.25) is 5.02 Å². The maximum absolute atomic E-state index is 15.7. The number of allylic oxidation sites excluding steroid dienone is 4. The number of imidazole rings is 1. The van der Waals surface area contributed by atoms with Crippen molar-refractivity contribution in [1.29, 1.82) is 0 Å². The van der Waals surface area contributed by atoms with E-state index in [1.165, 1.54) is 33.8 Å². The maximum atomic E-state index is 15.7. The molecule has 0 aliphatic carbocycles. The third-order valence-electron chi connectivity index (χ3n) is 7.44. The largest absolute Gasteiger partial charge is 0.748 e. The molecule has 1 aromatic heterocycles. The number of fused-ring (bicyclic) bond motifs is 2. The zero-order valence-electron chi connectivity index (χ0n) is 24.9. The van der Waals surface area contributed by atoms with Crippen molar-refractivity contribution in [2.75, 3.05) is 28.6 Å². The van der Waals surface area contributed by atoms with Crippen LogP contribution in [0, 0.1) is 0 Å². The van der Waals surface area contributed by atoms with E-state index in [-0.39, 0.29) is 49.6 Å². The van der Waals surface area contributed by atoms with E-state index in [2.05, 4.69) is 0 Å². The van der Waals surface area contributed by atoms with Gasteiger partial charge in [-0.15, -0.1) is 0 Å². The number of anilines is 2. The predicted octanol–water partition coefficient (Wildman–Crippen LogP) is 7.65. The van der Waals surface area contributed by atoms with Crippen molar-refractivity contribution < 1.29 is 48.3 Å². The lowest BCUT2D eigenvalue weighted by atomic mass is 10.1. The summed E-state index contributed by atoms with van der Waals surface area (Å²) in [5.41, 5.74) is -0.919. The Morgan fingerprint density at radius 2 is 1.63 bits per heavy atom. The molecule has 0 bridgehead atoms. The third kappa shape index (κ3) is 7.20. The standard InChI is InChI=1S/C30H30ClF7N4O3S/c1-4-39-26-18-21(31)20(30(36,37)38)17-25(26)42(14-9-15-46(43,44)45)27(39)11-8-7-10-22(32)28-40(5-2)23-13-12-19(29(33,34)35)16-24(23)41(28)6-3/h7-8,10-13,16-18H,4-6,9,14-15H2,1-3H3. The van der Waals surface area contributed by atoms with Crippen LogP contribution in [-0.2, 0) is 35.6 Å². The predicted molar refractivity (Wildman–Crippen MR) is 161 cm³/mol. The van der Waals surface area contributed by atoms with Crippen LogP contribution in [0.1, 0.15) is 44.1 Å². The summed E-state index contributed by atoms with van der Waals surface area (Å²) in [4.78, 5) is 3.06. The summed E-state index contributed by atoms with van der Waals surface area (Å²) >= 11 is 5.98. The fourth-order valence-electron chi connectivity index (χ4n) is 5.51. The van der Waals surface area contributed by atoms with Crippen molar-refractivity contribution in [3.8, 4) is 0 Å². The van der Waals surface area contributed by atoms with Gasteiger partial charge >= 0.3 is 18.2 Å². The van der Waals surface area contributed by atoms with E-state index in [0.29, 0.717) is 17.0 Å². The lowest BCUT2D eigenvalue weighted by Crippen LogP contribution is -2.36. The lowest BCUT2D eigenvalue weighted by molar-refractivity contribution is -0.671. The number of aryl methyl sites for hydroxylation is 2. The summed E-state index contributed by atoms with van der Waals surface area (Å²) in [6.07, 6.45) is -4.19. The molecule has 0 saturated carbocycles. The van der Waals surface area contributed by atoms with Gasteiger partial charge in [0.15, 0.2) is 11.0 Å². The van der Waals surface area contributed by atoms with Gasteiger partial charge in [0.05, 0.1) is 50.7 Å². The molecule has 0 amide bonds. The van der Waals surface area contributed by atoms with Crippen LogP contribution in [0.4, 0.5) is 42.1 Å². The molecule has 16 heteroatoms. The highest BCUT2D eigenvalue weighted by Crippen LogP contribution is 2.47. The number of benzene rings is 2. The highest BCUT2D eigenvalue weighted by molar-refractivity contribution is 7.85. The Labute approximate surface area is 266 Å². The van der Waals surface area contributed by atoms with Crippen molar-refractivity contribution in [2.45, 2.75) is 52.6 Å². The van der Waals surface area contributed by atoms with Crippen molar-refractivity contribution in [2.24, 2.45) is 0 Å². The van der Waals surface area contributed by atoms with Gasteiger partial charge in [0.2, 0.25) is 5.83 Å². The zero-order valence-corrected chi connectivity index (χ0v) is 26.5. The molecule has 7 nitrogen and oxygen atoms in total. The number of nitrogens with zero attached hydrogens (tertiary/aromatic N) is 4. The molecule has 1 aliphatic heterocycles. The quantitative estimate of drug-likeness (QED) is 0.0944. The van der Waals surface area contributed by atoms with E-state index in [0.717, 1.165) is 30.3 Å². The number of rotatable bonds is 10. The van der Waals surface area contributed by atoms with Gasteiger partial charge in [-0.2, -0.15) is 30.7 Å². The Hall–Kier alpha value is -3.56. The van der Waals surface area contributed by atoms with Crippen LogP contribution in [0.3, 0.4) is 0 Å². The van der Waals surface area contributed by atoms with Crippen LogP contribution >= 0.6 is 11.6 Å². The van der Waals surface area contributed by atoms with E-state index in [9.17, 15) is 39.3 Å². The average molecular weight is 695 g/mol. The first-order chi connectivity index (χ1) is 21.4. The number of alkyl halides is 6. The van der Waals surface area contributed by atoms with Gasteiger partial charge in [0.25, 0.3) is 0 Å². The first-order valence-electron chi connectivity index (χ1n) is 14.2. The average Bonchev–Trinajstić information content (AvgIpc) is 3.43. The second-order valence-corrected chi connectivity index (χ2v) is 12.2. The molecule has 250 valence electrons. The normalized spacial score (nSPS) is 15.7. The molecule has 0 radical (unpaired) electrons. The Bertz CT molecular complexity index is 1830. The Morgan fingerprint density at radius 3 is 2.20 bits per heavy atom. The number of halogens is 8. The molecule has 4 rings (SSSR count). The van der Waals surface area contributed by atoms with Crippen LogP contribution < -0.4 is 14.4 Å². The van der Waals surface area contributed by atoms with Gasteiger partial charge in [-0.25, -0.2) is 17.6 Å². The van der Waals surface area contributed by atoms with Gasteiger partial charge in [-0.05, 0) is 63.6 Å². The second-order valence-electron chi connectivity index (χ2n) is 10.3. The molecule has 2 aromatic carbocycles. The van der Waals surface area contributed by atoms with E-state index in [4.69, 9.17) is 11.6 Å². The SMILES string of the molecule is CCN1\C(=C/C=C/C=C(\F)c2n(CC)c3cc(C(F)(F)F)ccc3[n+]2CC)N(CCCS(=O)(=O)[O-])c2cc(C(F)(F)F)c(Cl)cc21. The Kier molecular flexibility index (Phi) is 10.2. The van der Waals surface area contributed by atoms with Crippen molar-refractivity contribution >= 4 is 50.0 Å². The van der Waals surface area contributed by atoms with Gasteiger partial charge < -0.3 is 14.4 Å². The van der Waals surface area contributed by atoms with Gasteiger partial charge in [0.1, 0.15) is 5.82 Å². The molecular formula is C30H30ClF7N4O3S. The van der Waals surface area contributed by atoms with Crippen molar-refractivity contribution in [3.05, 3.63) is 82.4 Å². The van der Waals surface area contributed by atoms with Gasteiger partial charge in [0, 0.05) is 24.9 Å². The van der Waals surface area contributed by atoms with E-state index < -0.39 is 50.2 Å². The minimum atomic E-state index is -4.77. The van der Waals surface area contributed by atoms with E-state index >= 15 is 4.39 Å². The fourth-order valence-corrected chi connectivity index (χ4v) is 6.26. The van der Waals surface area contributed by atoms with Crippen molar-refractivity contribution in [3.63, 3.8) is 0 Å². The molecule has 2 heterocycles. The summed E-state index contributed by atoms with van der Waals surface area (Å²) in [5.74, 6) is -1.11. The summed E-state index contributed by atoms with van der Waals surface area (Å²) in [7, 11) is -4.59. The highest BCUT2D eigenvalue weighted by atomic mass is 35.5. The molecule has 0 atom stereocenters. The van der Waals surface area contributed by atoms with Crippen LogP contribution in [-0.4, -0.2) is 36.4 Å². The molecule has 0 fully saturated rings. The number of hydrogen-bond donors (Lipinski definition) is 0. The second kappa shape index (κ2) is 13.3. The maximum Gasteiger partial charge on any atom is 0.417 e. The van der Waals surface area contributed by atoms with Gasteiger partial charge in [-0.3, -0.25) is 0 Å². The van der Waals surface area contributed by atoms with Crippen LogP contribution in [0.5, 0.6) is 0 Å². The zero-order chi connectivity index (χ0) is 34.2. The Balaban J connectivity index is 1.75. The van der Waals surface area contributed by atoms with E-state index in [1.54, 1.807) is 30.2 Å². The highest BCUT2D eigenvalue weighted by Gasteiger charge is 2.38. The monoisotopic (exact) mass is 694 g/mol. The topological polar surface area (TPSA) is 72.5 Å². The molecule has 3 aromatic rings. The molecule has 1 aliphatic rings. The fraction of sp³-hybridized carbons (Fsp3) is 0.367. The molecule has 46 heavy (non-hydrogen) atoms. The smallest absolute Gasteiger partial charge is 0.417 e. The summed E-state index contributed by atoms with van der Waals surface area (Å²) in [5, 5.41) is -0.536. The van der Waals surface area contributed by atoms with Crippen LogP contribution in [0.25, 0.3) is 16.9 Å². The van der Waals surface area contributed by atoms with E-state index in [1.807, 2.05) is 0 Å². The molecule has 0 unspecified atom stereocenters. The number of hydrogen-bond acceptors (Lipinski definition) is 5.